The first-order valence-corrected chi connectivity index (χ1v) is 10.1. The van der Waals surface area contributed by atoms with Crippen LogP contribution in [0.4, 0.5) is 5.82 Å². The SMILES string of the molecule is Cc1cc(N2CCC(Cn3cnc(-c4cccnc4)cc3=O)CC2)n2ncnc2n1. The highest BCUT2D eigenvalue weighted by atomic mass is 16.1. The molecule has 9 heteroatoms. The lowest BCUT2D eigenvalue weighted by Gasteiger charge is -2.33. The van der Waals surface area contributed by atoms with Crippen LogP contribution >= 0.6 is 0 Å². The molecule has 4 aromatic rings. The van der Waals surface area contributed by atoms with E-state index in [9.17, 15) is 4.79 Å². The zero-order valence-electron chi connectivity index (χ0n) is 16.7. The van der Waals surface area contributed by atoms with E-state index in [1.807, 2.05) is 25.1 Å². The molecule has 0 saturated carbocycles. The number of anilines is 1. The molecule has 9 nitrogen and oxygen atoms in total. The Morgan fingerprint density at radius 2 is 2.03 bits per heavy atom. The van der Waals surface area contributed by atoms with Crippen molar-refractivity contribution in [3.05, 3.63) is 65.4 Å². The monoisotopic (exact) mass is 402 g/mol. The highest BCUT2D eigenvalue weighted by molar-refractivity contribution is 5.56. The Balaban J connectivity index is 1.27. The van der Waals surface area contributed by atoms with Crippen molar-refractivity contribution in [1.82, 2.24) is 34.1 Å². The Morgan fingerprint density at radius 3 is 2.80 bits per heavy atom. The molecule has 0 spiro atoms. The standard InChI is InChI=1S/C21H22N8O/c1-15-9-19(29-21(26-15)23-13-25-29)27-7-4-16(5-8-27)12-28-14-24-18(10-20(28)30)17-3-2-6-22-11-17/h2-3,6,9-11,13-14,16H,4-5,7-8,12H2,1H3. The third-order valence-corrected chi connectivity index (χ3v) is 5.59. The molecule has 0 bridgehead atoms. The molecule has 30 heavy (non-hydrogen) atoms. The molecule has 5 heterocycles. The van der Waals surface area contributed by atoms with Gasteiger partial charge in [-0.15, -0.1) is 0 Å². The predicted molar refractivity (Wildman–Crippen MR) is 112 cm³/mol. The fourth-order valence-corrected chi connectivity index (χ4v) is 3.99. The van der Waals surface area contributed by atoms with Crippen LogP contribution in [-0.2, 0) is 6.54 Å². The molecule has 0 amide bonds. The Bertz CT molecular complexity index is 1220. The van der Waals surface area contributed by atoms with E-state index in [4.69, 9.17) is 0 Å². The average molecular weight is 402 g/mol. The van der Waals surface area contributed by atoms with E-state index in [0.29, 0.717) is 23.9 Å². The molecule has 1 aliphatic heterocycles. The summed E-state index contributed by atoms with van der Waals surface area (Å²) in [5, 5.41) is 4.31. The first-order valence-electron chi connectivity index (χ1n) is 10.1. The second-order valence-electron chi connectivity index (χ2n) is 7.66. The maximum absolute atomic E-state index is 12.6. The van der Waals surface area contributed by atoms with E-state index in [2.05, 4.69) is 29.9 Å². The summed E-state index contributed by atoms with van der Waals surface area (Å²) >= 11 is 0. The van der Waals surface area contributed by atoms with E-state index < -0.39 is 0 Å². The number of fused-ring (bicyclic) bond motifs is 1. The van der Waals surface area contributed by atoms with Gasteiger partial charge in [0.25, 0.3) is 11.3 Å². The fraction of sp³-hybridized carbons (Fsp3) is 0.333. The third kappa shape index (κ3) is 3.54. The van der Waals surface area contributed by atoms with Crippen molar-refractivity contribution < 1.29 is 0 Å². The third-order valence-electron chi connectivity index (χ3n) is 5.59. The van der Waals surface area contributed by atoms with Crippen molar-refractivity contribution in [3.8, 4) is 11.3 Å². The molecule has 0 unspecified atom stereocenters. The van der Waals surface area contributed by atoms with Gasteiger partial charge in [0.05, 0.1) is 12.0 Å². The molecule has 0 aliphatic carbocycles. The smallest absolute Gasteiger partial charge is 0.254 e. The van der Waals surface area contributed by atoms with Crippen LogP contribution in [0.2, 0.25) is 0 Å². The van der Waals surface area contributed by atoms with Gasteiger partial charge in [-0.05, 0) is 37.8 Å². The van der Waals surface area contributed by atoms with Crippen LogP contribution in [0.5, 0.6) is 0 Å². The van der Waals surface area contributed by atoms with Gasteiger partial charge in [0.15, 0.2) is 0 Å². The summed E-state index contributed by atoms with van der Waals surface area (Å²) in [6, 6.07) is 7.39. The van der Waals surface area contributed by atoms with Crippen molar-refractivity contribution in [2.45, 2.75) is 26.3 Å². The van der Waals surface area contributed by atoms with Crippen molar-refractivity contribution in [3.63, 3.8) is 0 Å². The number of aryl methyl sites for hydroxylation is 1. The van der Waals surface area contributed by atoms with Gasteiger partial charge in [0, 0.05) is 55.4 Å². The van der Waals surface area contributed by atoms with Crippen molar-refractivity contribution in [2.24, 2.45) is 5.92 Å². The van der Waals surface area contributed by atoms with Crippen molar-refractivity contribution in [1.29, 1.82) is 0 Å². The summed E-state index contributed by atoms with van der Waals surface area (Å²) in [6.07, 6.45) is 8.60. The minimum Gasteiger partial charge on any atom is -0.356 e. The van der Waals surface area contributed by atoms with Gasteiger partial charge in [-0.3, -0.25) is 14.3 Å². The highest BCUT2D eigenvalue weighted by Crippen LogP contribution is 2.24. The summed E-state index contributed by atoms with van der Waals surface area (Å²) in [5.74, 6) is 2.07. The number of hydrogen-bond acceptors (Lipinski definition) is 7. The van der Waals surface area contributed by atoms with Crippen LogP contribution < -0.4 is 10.5 Å². The topological polar surface area (TPSA) is 94.1 Å². The van der Waals surface area contributed by atoms with Crippen molar-refractivity contribution in [2.75, 3.05) is 18.0 Å². The van der Waals surface area contributed by atoms with Crippen LogP contribution in [-0.4, -0.2) is 47.2 Å². The Hall–Kier alpha value is -3.62. The summed E-state index contributed by atoms with van der Waals surface area (Å²) < 4.78 is 3.51. The average Bonchev–Trinajstić information content (AvgIpc) is 3.24. The zero-order chi connectivity index (χ0) is 20.5. The molecule has 1 aliphatic rings. The van der Waals surface area contributed by atoms with Crippen LogP contribution in [0.25, 0.3) is 17.0 Å². The molecule has 5 rings (SSSR count). The molecular weight excluding hydrogens is 380 g/mol. The van der Waals surface area contributed by atoms with Crippen molar-refractivity contribution >= 4 is 11.6 Å². The maximum atomic E-state index is 12.6. The quantitative estimate of drug-likeness (QED) is 0.515. The molecule has 0 aromatic carbocycles. The molecular formula is C21H22N8O. The molecule has 0 atom stereocenters. The van der Waals surface area contributed by atoms with Gasteiger partial charge in [-0.25, -0.2) is 9.97 Å². The Morgan fingerprint density at radius 1 is 1.17 bits per heavy atom. The number of aromatic nitrogens is 7. The molecule has 152 valence electrons. The van der Waals surface area contributed by atoms with Gasteiger partial charge >= 0.3 is 0 Å². The number of nitrogens with zero attached hydrogens (tertiary/aromatic N) is 8. The van der Waals surface area contributed by atoms with Crippen LogP contribution in [0.1, 0.15) is 18.5 Å². The second kappa shape index (κ2) is 7.66. The van der Waals surface area contributed by atoms with Crippen LogP contribution in [0.3, 0.4) is 0 Å². The first kappa shape index (κ1) is 18.4. The molecule has 1 fully saturated rings. The largest absolute Gasteiger partial charge is 0.356 e. The van der Waals surface area contributed by atoms with E-state index in [0.717, 1.165) is 43.0 Å². The van der Waals surface area contributed by atoms with Crippen LogP contribution in [0.15, 0.2) is 54.1 Å². The lowest BCUT2D eigenvalue weighted by molar-refractivity contribution is 0.349. The summed E-state index contributed by atoms with van der Waals surface area (Å²) in [5.41, 5.74) is 2.41. The zero-order valence-corrected chi connectivity index (χ0v) is 16.7. The number of hydrogen-bond donors (Lipinski definition) is 0. The summed E-state index contributed by atoms with van der Waals surface area (Å²) in [7, 11) is 0. The summed E-state index contributed by atoms with van der Waals surface area (Å²) in [6.45, 7) is 4.46. The Labute approximate surface area is 173 Å². The molecule has 0 radical (unpaired) electrons. The van der Waals surface area contributed by atoms with E-state index in [-0.39, 0.29) is 5.56 Å². The lowest BCUT2D eigenvalue weighted by Crippen LogP contribution is -2.37. The number of piperidine rings is 1. The molecule has 4 aromatic heterocycles. The van der Waals surface area contributed by atoms with Gasteiger partial charge in [0.2, 0.25) is 0 Å². The fourth-order valence-electron chi connectivity index (χ4n) is 3.99. The van der Waals surface area contributed by atoms with E-state index in [1.54, 1.807) is 33.9 Å². The molecule has 1 saturated heterocycles. The van der Waals surface area contributed by atoms with Gasteiger partial charge in [0.1, 0.15) is 12.1 Å². The second-order valence-corrected chi connectivity index (χ2v) is 7.66. The first-order chi connectivity index (χ1) is 14.7. The van der Waals surface area contributed by atoms with Crippen LogP contribution in [0, 0.1) is 12.8 Å². The summed E-state index contributed by atoms with van der Waals surface area (Å²) in [4.78, 5) is 32.1. The minimum atomic E-state index is -0.0274. The highest BCUT2D eigenvalue weighted by Gasteiger charge is 2.22. The predicted octanol–water partition coefficient (Wildman–Crippen LogP) is 1.97. The van der Waals surface area contributed by atoms with E-state index in [1.165, 1.54) is 6.33 Å². The number of rotatable bonds is 4. The lowest BCUT2D eigenvalue weighted by atomic mass is 9.96. The van der Waals surface area contributed by atoms with Gasteiger partial charge < -0.3 is 4.90 Å². The minimum absolute atomic E-state index is 0.0274. The van der Waals surface area contributed by atoms with Gasteiger partial charge in [-0.1, -0.05) is 0 Å². The normalized spacial score (nSPS) is 15.0. The van der Waals surface area contributed by atoms with Gasteiger partial charge in [-0.2, -0.15) is 14.6 Å². The van der Waals surface area contributed by atoms with E-state index >= 15 is 0 Å². The number of pyridine rings is 1. The Kier molecular flexibility index (Phi) is 4.70. The molecule has 0 N–H and O–H groups in total. The maximum Gasteiger partial charge on any atom is 0.254 e.